The highest BCUT2D eigenvalue weighted by molar-refractivity contribution is 9.10. The van der Waals surface area contributed by atoms with E-state index in [1.165, 1.54) is 0 Å². The molecule has 2 rings (SSSR count). The number of alkyl halides is 3. The van der Waals surface area contributed by atoms with Gasteiger partial charge in [-0.3, -0.25) is 0 Å². The first-order valence-electron chi connectivity index (χ1n) is 6.42. The zero-order valence-corrected chi connectivity index (χ0v) is 12.7. The van der Waals surface area contributed by atoms with E-state index in [0.29, 0.717) is 11.3 Å². The lowest BCUT2D eigenvalue weighted by Crippen LogP contribution is -2.39. The highest BCUT2D eigenvalue weighted by Gasteiger charge is 2.41. The van der Waals surface area contributed by atoms with E-state index in [1.807, 2.05) is 4.90 Å². The van der Waals surface area contributed by atoms with Crippen molar-refractivity contribution in [1.29, 1.82) is 0 Å². The molecule has 21 heavy (non-hydrogen) atoms. The summed E-state index contributed by atoms with van der Waals surface area (Å²) in [5.41, 5.74) is 6.80. The second kappa shape index (κ2) is 6.13. The van der Waals surface area contributed by atoms with Crippen LogP contribution in [0.5, 0.6) is 0 Å². The van der Waals surface area contributed by atoms with E-state index in [2.05, 4.69) is 21.1 Å². The highest BCUT2D eigenvalue weighted by atomic mass is 79.9. The summed E-state index contributed by atoms with van der Waals surface area (Å²) in [4.78, 5) is 1.83. The Morgan fingerprint density at radius 2 is 1.95 bits per heavy atom. The summed E-state index contributed by atoms with van der Waals surface area (Å²) in [5, 5.41) is 11.8. The quantitative estimate of drug-likeness (QED) is 0.365. The summed E-state index contributed by atoms with van der Waals surface area (Å²) >= 11 is 3.33. The first kappa shape index (κ1) is 15.9. The molecule has 4 nitrogen and oxygen atoms in total. The minimum absolute atomic E-state index is 0.0472. The van der Waals surface area contributed by atoms with Crippen LogP contribution in [0.15, 0.2) is 27.8 Å². The van der Waals surface area contributed by atoms with Crippen molar-refractivity contribution in [3.63, 3.8) is 0 Å². The summed E-state index contributed by atoms with van der Waals surface area (Å²) < 4.78 is 38.9. The van der Waals surface area contributed by atoms with Gasteiger partial charge in [-0.1, -0.05) is 21.1 Å². The molecule has 1 aromatic rings. The Morgan fingerprint density at radius 3 is 2.48 bits per heavy atom. The van der Waals surface area contributed by atoms with Gasteiger partial charge in [0, 0.05) is 28.8 Å². The van der Waals surface area contributed by atoms with Crippen molar-refractivity contribution < 1.29 is 18.4 Å². The molecule has 1 heterocycles. The number of rotatable bonds is 2. The third-order valence-electron chi connectivity index (χ3n) is 3.64. The summed E-state index contributed by atoms with van der Waals surface area (Å²) in [6.45, 7) is 0.568. The van der Waals surface area contributed by atoms with Crippen LogP contribution in [-0.2, 0) is 0 Å². The molecule has 3 N–H and O–H groups in total. The molecular weight excluding hydrogens is 351 g/mol. The van der Waals surface area contributed by atoms with Gasteiger partial charge < -0.3 is 15.8 Å². The van der Waals surface area contributed by atoms with Gasteiger partial charge in [0.25, 0.3) is 0 Å². The van der Waals surface area contributed by atoms with Crippen molar-refractivity contribution in [3.8, 4) is 0 Å². The molecule has 0 bridgehead atoms. The number of amidine groups is 1. The van der Waals surface area contributed by atoms with E-state index >= 15 is 0 Å². The van der Waals surface area contributed by atoms with Gasteiger partial charge in [-0.2, -0.15) is 13.2 Å². The number of halogens is 4. The maximum atomic E-state index is 12.7. The molecule has 0 radical (unpaired) electrons. The van der Waals surface area contributed by atoms with E-state index in [9.17, 15) is 13.2 Å². The Balaban J connectivity index is 2.22. The Labute approximate surface area is 128 Å². The monoisotopic (exact) mass is 365 g/mol. The number of anilines is 1. The number of hydrogen-bond acceptors (Lipinski definition) is 3. The predicted octanol–water partition coefficient (Wildman–Crippen LogP) is 3.32. The van der Waals surface area contributed by atoms with Crippen LogP contribution in [0.2, 0.25) is 0 Å². The number of piperidine rings is 1. The normalized spacial score (nSPS) is 18.1. The molecule has 1 aliphatic heterocycles. The fourth-order valence-corrected chi connectivity index (χ4v) is 2.83. The maximum Gasteiger partial charge on any atom is 0.391 e. The van der Waals surface area contributed by atoms with Crippen LogP contribution >= 0.6 is 15.9 Å². The van der Waals surface area contributed by atoms with Gasteiger partial charge in [0.15, 0.2) is 5.84 Å². The van der Waals surface area contributed by atoms with Crippen LogP contribution in [0.1, 0.15) is 18.4 Å². The average Bonchev–Trinajstić information content (AvgIpc) is 2.45. The van der Waals surface area contributed by atoms with Crippen molar-refractivity contribution >= 4 is 27.5 Å². The topological polar surface area (TPSA) is 61.9 Å². The zero-order valence-electron chi connectivity index (χ0n) is 11.1. The second-order valence-corrected chi connectivity index (χ2v) is 5.87. The van der Waals surface area contributed by atoms with Crippen LogP contribution in [-0.4, -0.2) is 30.3 Å². The van der Waals surface area contributed by atoms with Crippen molar-refractivity contribution in [1.82, 2.24) is 0 Å². The van der Waals surface area contributed by atoms with Gasteiger partial charge in [-0.05, 0) is 31.0 Å². The Hall–Kier alpha value is -1.44. The van der Waals surface area contributed by atoms with Gasteiger partial charge >= 0.3 is 6.18 Å². The van der Waals surface area contributed by atoms with Crippen molar-refractivity contribution in [3.05, 3.63) is 28.2 Å². The average molecular weight is 366 g/mol. The highest BCUT2D eigenvalue weighted by Crippen LogP contribution is 2.36. The summed E-state index contributed by atoms with van der Waals surface area (Å²) in [5.74, 6) is -1.32. The van der Waals surface area contributed by atoms with E-state index < -0.39 is 12.1 Å². The second-order valence-electron chi connectivity index (χ2n) is 4.95. The largest absolute Gasteiger partial charge is 0.409 e. The molecule has 1 aliphatic rings. The lowest BCUT2D eigenvalue weighted by molar-refractivity contribution is -0.179. The lowest BCUT2D eigenvalue weighted by atomic mass is 9.95. The lowest BCUT2D eigenvalue weighted by Gasteiger charge is -2.35. The van der Waals surface area contributed by atoms with Crippen LogP contribution < -0.4 is 10.6 Å². The third kappa shape index (κ3) is 3.61. The van der Waals surface area contributed by atoms with Gasteiger partial charge in [0.1, 0.15) is 0 Å². The smallest absolute Gasteiger partial charge is 0.391 e. The number of nitrogens with two attached hydrogens (primary N) is 1. The molecule has 0 atom stereocenters. The molecule has 0 aliphatic carbocycles. The Bertz CT molecular complexity index is 540. The van der Waals surface area contributed by atoms with E-state index in [-0.39, 0.29) is 31.8 Å². The van der Waals surface area contributed by atoms with E-state index in [1.54, 1.807) is 18.2 Å². The van der Waals surface area contributed by atoms with Crippen LogP contribution in [0.4, 0.5) is 18.9 Å². The molecule has 0 aromatic heterocycles. The minimum atomic E-state index is -4.14. The molecule has 8 heteroatoms. The number of hydrogen-bond donors (Lipinski definition) is 2. The minimum Gasteiger partial charge on any atom is -0.409 e. The summed E-state index contributed by atoms with van der Waals surface area (Å²) in [7, 11) is 0. The summed E-state index contributed by atoms with van der Waals surface area (Å²) in [6.07, 6.45) is -4.05. The Kier molecular flexibility index (Phi) is 4.65. The molecule has 0 spiro atoms. The van der Waals surface area contributed by atoms with Gasteiger partial charge in [-0.15, -0.1) is 0 Å². The SMILES string of the molecule is N/C(=N/O)c1ccc(Br)cc1N1CCC(C(F)(F)F)CC1. The Morgan fingerprint density at radius 1 is 1.33 bits per heavy atom. The molecule has 0 unspecified atom stereocenters. The number of oxime groups is 1. The fourth-order valence-electron chi connectivity index (χ4n) is 2.48. The molecule has 0 saturated carbocycles. The molecule has 0 amide bonds. The molecule has 1 saturated heterocycles. The fraction of sp³-hybridized carbons (Fsp3) is 0.462. The van der Waals surface area contributed by atoms with Crippen LogP contribution in [0, 0.1) is 5.92 Å². The van der Waals surface area contributed by atoms with Crippen molar-refractivity contribution in [2.24, 2.45) is 16.8 Å². The predicted molar refractivity (Wildman–Crippen MR) is 77.6 cm³/mol. The number of benzene rings is 1. The first-order valence-corrected chi connectivity index (χ1v) is 7.21. The molecule has 1 aromatic carbocycles. The van der Waals surface area contributed by atoms with Crippen LogP contribution in [0.3, 0.4) is 0 Å². The van der Waals surface area contributed by atoms with E-state index in [0.717, 1.165) is 4.47 Å². The van der Waals surface area contributed by atoms with Crippen molar-refractivity contribution in [2.75, 3.05) is 18.0 Å². The van der Waals surface area contributed by atoms with Gasteiger partial charge in [0.2, 0.25) is 0 Å². The summed E-state index contributed by atoms with van der Waals surface area (Å²) in [6, 6.07) is 5.17. The van der Waals surface area contributed by atoms with Crippen LogP contribution in [0.25, 0.3) is 0 Å². The van der Waals surface area contributed by atoms with Crippen molar-refractivity contribution in [2.45, 2.75) is 19.0 Å². The first-order chi connectivity index (χ1) is 9.82. The van der Waals surface area contributed by atoms with E-state index in [4.69, 9.17) is 10.9 Å². The van der Waals surface area contributed by atoms with Gasteiger partial charge in [-0.25, -0.2) is 0 Å². The number of nitrogens with zero attached hydrogens (tertiary/aromatic N) is 2. The molecular formula is C13H15BrF3N3O. The maximum absolute atomic E-state index is 12.7. The third-order valence-corrected chi connectivity index (χ3v) is 4.14. The zero-order chi connectivity index (χ0) is 15.6. The molecule has 116 valence electrons. The molecule has 1 fully saturated rings. The van der Waals surface area contributed by atoms with Gasteiger partial charge in [0.05, 0.1) is 5.92 Å². The standard InChI is InChI=1S/C13H15BrF3N3O/c14-9-1-2-10(12(18)19-21)11(7-9)20-5-3-8(4-6-20)13(15,16)17/h1-2,7-8,21H,3-6H2,(H2,18,19).